The Morgan fingerprint density at radius 1 is 1.20 bits per heavy atom. The van der Waals surface area contributed by atoms with Crippen LogP contribution in [0.5, 0.6) is 5.75 Å². The van der Waals surface area contributed by atoms with Crippen LogP contribution in [0.4, 0.5) is 5.69 Å². The van der Waals surface area contributed by atoms with Crippen molar-refractivity contribution >= 4 is 44.9 Å². The number of carbonyl (C=O) groups excluding carboxylic acids is 2. The Balaban J connectivity index is 1.40. The Labute approximate surface area is 242 Å². The smallest absolute Gasteiger partial charge is 0.289 e. The zero-order valence-corrected chi connectivity index (χ0v) is 24.4. The zero-order valence-electron chi connectivity index (χ0n) is 22.8. The normalized spacial score (nSPS) is 17.8. The number of amides is 2. The second-order valence-electron chi connectivity index (χ2n) is 9.90. The molecule has 216 valence electrons. The van der Waals surface area contributed by atoms with Crippen molar-refractivity contribution in [1.29, 1.82) is 0 Å². The Kier molecular flexibility index (Phi) is 7.95. The maximum absolute atomic E-state index is 13.5. The van der Waals surface area contributed by atoms with Crippen LogP contribution in [0.15, 0.2) is 62.3 Å². The molecule has 2 heterocycles. The number of hydrogen-bond acceptors (Lipinski definition) is 7. The third kappa shape index (κ3) is 6.17. The van der Waals surface area contributed by atoms with E-state index in [0.29, 0.717) is 18.0 Å². The van der Waals surface area contributed by atoms with Crippen molar-refractivity contribution in [3.63, 3.8) is 0 Å². The highest BCUT2D eigenvalue weighted by molar-refractivity contribution is 7.90. The molecule has 5 rings (SSSR count). The van der Waals surface area contributed by atoms with Gasteiger partial charge in [0.05, 0.1) is 17.9 Å². The number of benzene rings is 2. The van der Waals surface area contributed by atoms with Gasteiger partial charge in [0.1, 0.15) is 25.4 Å². The molecular formula is C27H30N6O6S2. The second kappa shape index (κ2) is 11.4. The van der Waals surface area contributed by atoms with E-state index in [1.54, 1.807) is 53.2 Å². The maximum Gasteiger partial charge on any atom is 0.289 e. The molecule has 12 nitrogen and oxygen atoms in total. The molecule has 1 aromatic heterocycles. The number of sulfonamides is 1. The monoisotopic (exact) mass is 598 g/mol. The first-order valence-corrected chi connectivity index (χ1v) is 15.0. The van der Waals surface area contributed by atoms with Crippen LogP contribution in [0, 0.1) is 6.92 Å². The van der Waals surface area contributed by atoms with Gasteiger partial charge >= 0.3 is 0 Å². The number of anilines is 1. The molecule has 2 fully saturated rings. The lowest BCUT2D eigenvalue weighted by Gasteiger charge is -2.22. The quantitative estimate of drug-likeness (QED) is 0.272. The third-order valence-electron chi connectivity index (χ3n) is 6.82. The minimum Gasteiger partial charge on any atom is -0.494 e. The van der Waals surface area contributed by atoms with Gasteiger partial charge in [0, 0.05) is 11.7 Å². The van der Waals surface area contributed by atoms with Crippen molar-refractivity contribution < 1.29 is 31.9 Å². The Bertz CT molecular complexity index is 1640. The highest BCUT2D eigenvalue weighted by Gasteiger charge is 2.49. The number of hydrogen-bond donors (Lipinski definition) is 1. The van der Waals surface area contributed by atoms with Gasteiger partial charge in [-0.2, -0.15) is 8.42 Å². The fourth-order valence-corrected chi connectivity index (χ4v) is 5.88. The maximum atomic E-state index is 13.5. The lowest BCUT2D eigenvalue weighted by molar-refractivity contribution is -0.752. The molecule has 0 bridgehead atoms. The second-order valence-corrected chi connectivity index (χ2v) is 11.9. The summed E-state index contributed by atoms with van der Waals surface area (Å²) in [6.45, 7) is 4.22. The molecule has 1 unspecified atom stereocenters. The number of rotatable bonds is 10. The van der Waals surface area contributed by atoms with Gasteiger partial charge in [-0.15, -0.1) is 4.40 Å². The van der Waals surface area contributed by atoms with E-state index in [0.717, 1.165) is 18.4 Å². The number of aryl methyl sites for hydroxylation is 2. The van der Waals surface area contributed by atoms with Gasteiger partial charge in [-0.3, -0.25) is 19.8 Å². The number of carbonyl (C=O) groups is 2. The van der Waals surface area contributed by atoms with Crippen molar-refractivity contribution in [1.82, 2.24) is 15.1 Å². The Hall–Kier alpha value is -4.04. The van der Waals surface area contributed by atoms with E-state index in [4.69, 9.17) is 21.5 Å². The SMILES string of the molecule is CCOc1ccc(NC(=O)CC2C(=O)N(C3CC3)C(=S)N2Cc2/c(=N/S(=O)(=O)c3ccc(C)cc3)o[n-][n+]2C)cc1. The van der Waals surface area contributed by atoms with Gasteiger partial charge in [0.15, 0.2) is 5.11 Å². The third-order valence-corrected chi connectivity index (χ3v) is 8.52. The standard InChI is InChI=1S/C27H30N6O6S2/c1-4-38-20-11-7-18(8-12-20)28-24(34)15-22-26(35)33(19-9-10-19)27(40)32(22)16-23-25(39-30-31(23)3)29-41(36,37)21-13-5-17(2)6-14-21/h5-8,11-14,19,22H,4,9-10,15-16H2,1-3H3,(H,28,34)/b29-25-. The first-order chi connectivity index (χ1) is 19.6. The van der Waals surface area contributed by atoms with Crippen molar-refractivity contribution in [2.45, 2.75) is 56.6 Å². The van der Waals surface area contributed by atoms with Crippen molar-refractivity contribution in [3.8, 4) is 5.75 Å². The topological polar surface area (TPSA) is 140 Å². The first kappa shape index (κ1) is 28.5. The predicted octanol–water partition coefficient (Wildman–Crippen LogP) is 1.55. The molecule has 1 aliphatic carbocycles. The molecule has 0 spiro atoms. The summed E-state index contributed by atoms with van der Waals surface area (Å²) in [5.74, 6) is 0.0315. The van der Waals surface area contributed by atoms with Crippen LogP contribution in [0.25, 0.3) is 0 Å². The van der Waals surface area contributed by atoms with Gasteiger partial charge < -0.3 is 19.5 Å². The molecule has 3 aromatic rings. The van der Waals surface area contributed by atoms with Crippen molar-refractivity contribution in [2.24, 2.45) is 11.4 Å². The van der Waals surface area contributed by atoms with E-state index in [1.807, 2.05) is 13.8 Å². The number of nitrogens with one attached hydrogen (secondary N) is 1. The highest BCUT2D eigenvalue weighted by Crippen LogP contribution is 2.34. The summed E-state index contributed by atoms with van der Waals surface area (Å²) < 4.78 is 41.9. The molecule has 1 aliphatic heterocycles. The largest absolute Gasteiger partial charge is 0.494 e. The molecule has 1 N–H and O–H groups in total. The fourth-order valence-electron chi connectivity index (χ4n) is 4.51. The number of ether oxygens (including phenoxy) is 1. The van der Waals surface area contributed by atoms with Crippen molar-refractivity contribution in [2.75, 3.05) is 11.9 Å². The van der Waals surface area contributed by atoms with Gasteiger partial charge in [-0.25, -0.2) is 4.68 Å². The van der Waals surface area contributed by atoms with Gasteiger partial charge in [0.25, 0.3) is 27.2 Å². The average molecular weight is 599 g/mol. The van der Waals surface area contributed by atoms with E-state index in [1.165, 1.54) is 16.8 Å². The summed E-state index contributed by atoms with van der Waals surface area (Å²) in [5.41, 5.74) is 1.52. The predicted molar refractivity (Wildman–Crippen MR) is 150 cm³/mol. The molecule has 14 heteroatoms. The summed E-state index contributed by atoms with van der Waals surface area (Å²) >= 11 is 5.69. The summed E-state index contributed by atoms with van der Waals surface area (Å²) in [6.07, 6.45) is 1.47. The van der Waals surface area contributed by atoms with E-state index >= 15 is 0 Å². The Morgan fingerprint density at radius 3 is 2.51 bits per heavy atom. The van der Waals surface area contributed by atoms with E-state index in [-0.39, 0.29) is 52.1 Å². The molecule has 2 amide bonds. The molecule has 41 heavy (non-hydrogen) atoms. The molecule has 1 saturated carbocycles. The van der Waals surface area contributed by atoms with Crippen LogP contribution in [-0.2, 0) is 33.2 Å². The van der Waals surface area contributed by atoms with Crippen LogP contribution < -0.4 is 25.6 Å². The Morgan fingerprint density at radius 2 is 1.88 bits per heavy atom. The lowest BCUT2D eigenvalue weighted by Crippen LogP contribution is -2.45. The van der Waals surface area contributed by atoms with Gasteiger partial charge in [-0.05, 0) is 75.3 Å². The molecular weight excluding hydrogens is 568 g/mol. The number of nitrogens with zero attached hydrogens (tertiary/aromatic N) is 5. The van der Waals surface area contributed by atoms with E-state index in [9.17, 15) is 18.0 Å². The summed E-state index contributed by atoms with van der Waals surface area (Å²) in [7, 11) is -2.54. The zero-order chi connectivity index (χ0) is 29.3. The minimum absolute atomic E-state index is 0.00344. The highest BCUT2D eigenvalue weighted by atomic mass is 32.2. The molecule has 1 atom stereocenters. The van der Waals surface area contributed by atoms with Crippen LogP contribution in [-0.4, -0.2) is 53.8 Å². The van der Waals surface area contributed by atoms with Crippen LogP contribution in [0.2, 0.25) is 0 Å². The average Bonchev–Trinajstić information content (AvgIpc) is 3.67. The van der Waals surface area contributed by atoms with Crippen LogP contribution >= 0.6 is 12.2 Å². The molecule has 0 radical (unpaired) electrons. The van der Waals surface area contributed by atoms with Gasteiger partial charge in [-0.1, -0.05) is 17.7 Å². The molecule has 2 aromatic carbocycles. The first-order valence-electron chi connectivity index (χ1n) is 13.1. The fraction of sp³-hybridized carbons (Fsp3) is 0.370. The van der Waals surface area contributed by atoms with Crippen LogP contribution in [0.3, 0.4) is 0 Å². The lowest BCUT2D eigenvalue weighted by atomic mass is 10.1. The summed E-state index contributed by atoms with van der Waals surface area (Å²) in [6, 6.07) is 12.3. The summed E-state index contributed by atoms with van der Waals surface area (Å²) in [4.78, 5) is 29.7. The van der Waals surface area contributed by atoms with E-state index in [2.05, 4.69) is 15.0 Å². The van der Waals surface area contributed by atoms with Gasteiger partial charge in [0.2, 0.25) is 5.91 Å². The summed E-state index contributed by atoms with van der Waals surface area (Å²) in [5, 5.41) is 6.94. The number of thiocarbonyl (C=S) groups is 1. The van der Waals surface area contributed by atoms with E-state index < -0.39 is 16.1 Å². The van der Waals surface area contributed by atoms with Crippen molar-refractivity contribution in [3.05, 3.63) is 65.3 Å². The minimum atomic E-state index is -4.11. The molecule has 2 aliphatic rings. The molecule has 1 saturated heterocycles. The number of aromatic nitrogens is 2. The van der Waals surface area contributed by atoms with Crippen LogP contribution in [0.1, 0.15) is 37.4 Å².